The van der Waals surface area contributed by atoms with Crippen LogP contribution in [0, 0.1) is 0 Å². The van der Waals surface area contributed by atoms with Crippen LogP contribution in [0.3, 0.4) is 0 Å². The van der Waals surface area contributed by atoms with E-state index in [2.05, 4.69) is 4.72 Å². The summed E-state index contributed by atoms with van der Waals surface area (Å²) in [6.45, 7) is 0. The van der Waals surface area contributed by atoms with E-state index in [1.54, 1.807) is 0 Å². The van der Waals surface area contributed by atoms with E-state index in [4.69, 9.17) is 10.5 Å². The van der Waals surface area contributed by atoms with Gasteiger partial charge in [-0.15, -0.1) is 0 Å². The molecule has 1 aromatic carbocycles. The number of ether oxygens (including phenoxy) is 1. The number of nitrogens with two attached hydrogens (primary N) is 1. The summed E-state index contributed by atoms with van der Waals surface area (Å²) in [5.41, 5.74) is 6.05. The highest BCUT2D eigenvalue weighted by atomic mass is 32.2. The first-order valence-electron chi connectivity index (χ1n) is 6.58. The van der Waals surface area contributed by atoms with Crippen molar-refractivity contribution in [3.05, 3.63) is 18.2 Å². The second-order valence-corrected chi connectivity index (χ2v) is 6.70. The van der Waals surface area contributed by atoms with Gasteiger partial charge in [-0.05, 0) is 25.0 Å². The standard InChI is InChI=1S/C13H20N2O4S/c1-19-13-8-9(6-7-10(13)14)20(17,18)15-11-4-2-3-5-12(11)16/h6-8,11-12,15-16H,2-5,14H2,1H3/t11-,12-/m1/s1. The SMILES string of the molecule is COc1cc(S(=O)(=O)N[C@@H]2CCCC[C@H]2O)ccc1N. The quantitative estimate of drug-likeness (QED) is 0.716. The third-order valence-corrected chi connectivity index (χ3v) is 5.04. The van der Waals surface area contributed by atoms with Crippen molar-refractivity contribution in [2.75, 3.05) is 12.8 Å². The van der Waals surface area contributed by atoms with E-state index >= 15 is 0 Å². The van der Waals surface area contributed by atoms with Gasteiger partial charge in [0.2, 0.25) is 10.0 Å². The van der Waals surface area contributed by atoms with E-state index in [1.165, 1.54) is 25.3 Å². The summed E-state index contributed by atoms with van der Waals surface area (Å²) in [6, 6.07) is 3.87. The van der Waals surface area contributed by atoms with Crippen molar-refractivity contribution >= 4 is 15.7 Å². The third-order valence-electron chi connectivity index (χ3n) is 3.55. The number of benzene rings is 1. The molecule has 0 heterocycles. The lowest BCUT2D eigenvalue weighted by atomic mass is 9.93. The Morgan fingerprint density at radius 3 is 2.70 bits per heavy atom. The van der Waals surface area contributed by atoms with Gasteiger partial charge in [0.1, 0.15) is 5.75 Å². The van der Waals surface area contributed by atoms with Crippen molar-refractivity contribution in [2.24, 2.45) is 0 Å². The molecule has 0 bridgehead atoms. The molecule has 112 valence electrons. The van der Waals surface area contributed by atoms with Crippen LogP contribution >= 0.6 is 0 Å². The Hall–Kier alpha value is -1.31. The Kier molecular flexibility index (Phi) is 4.52. The summed E-state index contributed by atoms with van der Waals surface area (Å²) in [5.74, 6) is 0.317. The molecule has 0 amide bonds. The minimum atomic E-state index is -3.69. The molecule has 7 heteroatoms. The van der Waals surface area contributed by atoms with Crippen molar-refractivity contribution in [3.8, 4) is 5.75 Å². The van der Waals surface area contributed by atoms with E-state index in [-0.39, 0.29) is 4.90 Å². The molecule has 1 fully saturated rings. The summed E-state index contributed by atoms with van der Waals surface area (Å²) in [7, 11) is -2.26. The van der Waals surface area contributed by atoms with Gasteiger partial charge in [0.15, 0.2) is 0 Å². The molecule has 2 rings (SSSR count). The molecular formula is C13H20N2O4S. The molecule has 6 nitrogen and oxygen atoms in total. The average Bonchev–Trinajstić information content (AvgIpc) is 2.41. The van der Waals surface area contributed by atoms with Gasteiger partial charge in [-0.25, -0.2) is 13.1 Å². The number of aliphatic hydroxyl groups is 1. The summed E-state index contributed by atoms with van der Waals surface area (Å²) >= 11 is 0. The minimum absolute atomic E-state index is 0.0846. The van der Waals surface area contributed by atoms with Gasteiger partial charge in [-0.2, -0.15) is 0 Å². The van der Waals surface area contributed by atoms with Gasteiger partial charge in [0.05, 0.1) is 23.8 Å². The largest absolute Gasteiger partial charge is 0.495 e. The third kappa shape index (κ3) is 3.23. The lowest BCUT2D eigenvalue weighted by Crippen LogP contribution is -2.44. The monoisotopic (exact) mass is 300 g/mol. The van der Waals surface area contributed by atoms with Crippen molar-refractivity contribution < 1.29 is 18.3 Å². The van der Waals surface area contributed by atoms with Crippen LogP contribution < -0.4 is 15.2 Å². The number of nitrogens with one attached hydrogen (secondary N) is 1. The molecule has 20 heavy (non-hydrogen) atoms. The summed E-state index contributed by atoms with van der Waals surface area (Å²) in [6.07, 6.45) is 2.48. The zero-order valence-electron chi connectivity index (χ0n) is 11.4. The number of aliphatic hydroxyl groups excluding tert-OH is 1. The van der Waals surface area contributed by atoms with Crippen molar-refractivity contribution in [2.45, 2.75) is 42.7 Å². The lowest BCUT2D eigenvalue weighted by molar-refractivity contribution is 0.101. The number of methoxy groups -OCH3 is 1. The molecule has 0 spiro atoms. The molecular weight excluding hydrogens is 280 g/mol. The molecule has 0 unspecified atom stereocenters. The molecule has 1 saturated carbocycles. The highest BCUT2D eigenvalue weighted by Gasteiger charge is 2.28. The lowest BCUT2D eigenvalue weighted by Gasteiger charge is -2.28. The van der Waals surface area contributed by atoms with E-state index in [0.29, 0.717) is 24.3 Å². The Bertz CT molecular complexity index is 574. The highest BCUT2D eigenvalue weighted by Crippen LogP contribution is 2.26. The second kappa shape index (κ2) is 5.99. The van der Waals surface area contributed by atoms with Crippen LogP contribution in [0.1, 0.15) is 25.7 Å². The Balaban J connectivity index is 2.21. The summed E-state index contributed by atoms with van der Waals surface area (Å²) < 4.78 is 32.2. The van der Waals surface area contributed by atoms with Crippen LogP contribution in [0.15, 0.2) is 23.1 Å². The van der Waals surface area contributed by atoms with Gasteiger partial charge < -0.3 is 15.6 Å². The maximum Gasteiger partial charge on any atom is 0.241 e. The number of rotatable bonds is 4. The van der Waals surface area contributed by atoms with Gasteiger partial charge in [0, 0.05) is 12.1 Å². The predicted molar refractivity (Wildman–Crippen MR) is 76.0 cm³/mol. The fourth-order valence-corrected chi connectivity index (χ4v) is 3.69. The smallest absolute Gasteiger partial charge is 0.241 e. The second-order valence-electron chi connectivity index (χ2n) is 4.98. The minimum Gasteiger partial charge on any atom is -0.495 e. The first-order chi connectivity index (χ1) is 9.44. The van der Waals surface area contributed by atoms with E-state index in [0.717, 1.165) is 12.8 Å². The zero-order chi connectivity index (χ0) is 14.8. The number of anilines is 1. The molecule has 4 N–H and O–H groups in total. The van der Waals surface area contributed by atoms with Crippen molar-refractivity contribution in [1.29, 1.82) is 0 Å². The maximum absolute atomic E-state index is 12.3. The van der Waals surface area contributed by atoms with E-state index < -0.39 is 22.2 Å². The molecule has 1 aromatic rings. The van der Waals surface area contributed by atoms with Gasteiger partial charge in [-0.3, -0.25) is 0 Å². The summed E-state index contributed by atoms with van der Waals surface area (Å²) in [5, 5.41) is 9.85. The molecule has 2 atom stereocenters. The van der Waals surface area contributed by atoms with Gasteiger partial charge in [-0.1, -0.05) is 12.8 Å². The fraction of sp³-hybridized carbons (Fsp3) is 0.538. The average molecular weight is 300 g/mol. The first kappa shape index (κ1) is 15.1. The maximum atomic E-state index is 12.3. The topological polar surface area (TPSA) is 102 Å². The fourth-order valence-electron chi connectivity index (χ4n) is 2.37. The molecule has 0 aliphatic heterocycles. The Morgan fingerprint density at radius 2 is 2.05 bits per heavy atom. The highest BCUT2D eigenvalue weighted by molar-refractivity contribution is 7.89. The number of hydrogen-bond acceptors (Lipinski definition) is 5. The van der Waals surface area contributed by atoms with Crippen LogP contribution in [0.2, 0.25) is 0 Å². The number of sulfonamides is 1. The molecule has 0 saturated heterocycles. The Morgan fingerprint density at radius 1 is 1.35 bits per heavy atom. The van der Waals surface area contributed by atoms with Crippen LogP contribution in [0.4, 0.5) is 5.69 Å². The van der Waals surface area contributed by atoms with E-state index in [9.17, 15) is 13.5 Å². The normalized spacial score (nSPS) is 23.5. The predicted octanol–water partition coefficient (Wildman–Crippen LogP) is 0.859. The molecule has 0 radical (unpaired) electrons. The van der Waals surface area contributed by atoms with Crippen molar-refractivity contribution in [1.82, 2.24) is 4.72 Å². The van der Waals surface area contributed by atoms with Gasteiger partial charge in [0.25, 0.3) is 0 Å². The van der Waals surface area contributed by atoms with E-state index in [1.807, 2.05) is 0 Å². The van der Waals surface area contributed by atoms with Crippen molar-refractivity contribution in [3.63, 3.8) is 0 Å². The van der Waals surface area contributed by atoms with Crippen LogP contribution in [0.25, 0.3) is 0 Å². The Labute approximate surface area is 119 Å². The first-order valence-corrected chi connectivity index (χ1v) is 8.06. The number of nitrogen functional groups attached to an aromatic ring is 1. The number of hydrogen-bond donors (Lipinski definition) is 3. The van der Waals surface area contributed by atoms with Crippen LogP contribution in [-0.2, 0) is 10.0 Å². The van der Waals surface area contributed by atoms with Crippen LogP contribution in [0.5, 0.6) is 5.75 Å². The molecule has 1 aliphatic carbocycles. The van der Waals surface area contributed by atoms with Crippen LogP contribution in [-0.4, -0.2) is 32.8 Å². The van der Waals surface area contributed by atoms with Gasteiger partial charge >= 0.3 is 0 Å². The summed E-state index contributed by atoms with van der Waals surface area (Å²) in [4.78, 5) is 0.0846. The molecule has 0 aromatic heterocycles. The zero-order valence-corrected chi connectivity index (χ0v) is 12.2. The molecule has 1 aliphatic rings.